The highest BCUT2D eigenvalue weighted by Crippen LogP contribution is 2.32. The van der Waals surface area contributed by atoms with E-state index in [1.807, 2.05) is 30.3 Å². The maximum absolute atomic E-state index is 13.1. The molecule has 2 aromatic carbocycles. The predicted molar refractivity (Wildman–Crippen MR) is 129 cm³/mol. The first-order valence-electron chi connectivity index (χ1n) is 11.0. The summed E-state index contributed by atoms with van der Waals surface area (Å²) < 4.78 is 13.1. The van der Waals surface area contributed by atoms with Crippen LogP contribution in [0.2, 0.25) is 0 Å². The number of carbonyl (C=O) groups excluding carboxylic acids is 2. The minimum atomic E-state index is -1.20. The largest absolute Gasteiger partial charge is 0.338 e. The van der Waals surface area contributed by atoms with Crippen LogP contribution in [0.25, 0.3) is 11.3 Å². The van der Waals surface area contributed by atoms with Gasteiger partial charge in [0.2, 0.25) is 0 Å². The first kappa shape index (κ1) is 23.1. The topological polar surface area (TPSA) is 83.1 Å². The van der Waals surface area contributed by atoms with Gasteiger partial charge in [-0.2, -0.15) is 0 Å². The van der Waals surface area contributed by atoms with Gasteiger partial charge in [-0.1, -0.05) is 41.7 Å². The van der Waals surface area contributed by atoms with Crippen molar-refractivity contribution >= 4 is 28.3 Å². The molecule has 172 valence electrons. The van der Waals surface area contributed by atoms with Gasteiger partial charge in [-0.25, -0.2) is 9.37 Å². The number of anilines is 1. The molecule has 0 spiro atoms. The highest BCUT2D eigenvalue weighted by Gasteiger charge is 2.31. The highest BCUT2D eigenvalue weighted by molar-refractivity contribution is 7.16. The van der Waals surface area contributed by atoms with Gasteiger partial charge in [0.25, 0.3) is 11.8 Å². The molecule has 1 aliphatic carbocycles. The molecule has 8 heteroatoms. The maximum atomic E-state index is 13.1. The molecule has 0 aliphatic heterocycles. The lowest BCUT2D eigenvalue weighted by atomic mass is 10.0. The lowest BCUT2D eigenvalue weighted by Crippen LogP contribution is -2.52. The van der Waals surface area contributed by atoms with Crippen LogP contribution in [0.4, 0.5) is 9.52 Å². The van der Waals surface area contributed by atoms with Crippen LogP contribution in [-0.4, -0.2) is 28.9 Å². The molecule has 1 heterocycles. The number of halogens is 1. The molecule has 3 N–H and O–H groups in total. The Labute approximate surface area is 196 Å². The van der Waals surface area contributed by atoms with Crippen LogP contribution in [0.5, 0.6) is 0 Å². The zero-order valence-electron chi connectivity index (χ0n) is 18.7. The van der Waals surface area contributed by atoms with Crippen molar-refractivity contribution in [3.63, 3.8) is 0 Å². The van der Waals surface area contributed by atoms with Crippen LogP contribution in [0.15, 0.2) is 54.6 Å². The first-order valence-corrected chi connectivity index (χ1v) is 11.8. The van der Waals surface area contributed by atoms with E-state index < -0.39 is 17.3 Å². The average Bonchev–Trinajstić information content (AvgIpc) is 3.53. The summed E-state index contributed by atoms with van der Waals surface area (Å²) >= 11 is 1.43. The Bertz CT molecular complexity index is 1130. The Hall–Kier alpha value is -3.10. The molecular formula is C25H27FN4O2S. The number of hydrogen-bond acceptors (Lipinski definition) is 5. The van der Waals surface area contributed by atoms with E-state index in [9.17, 15) is 14.0 Å². The second kappa shape index (κ2) is 9.80. The molecule has 0 radical (unpaired) electrons. The smallest absolute Gasteiger partial charge is 0.252 e. The van der Waals surface area contributed by atoms with E-state index in [0.29, 0.717) is 11.7 Å². The van der Waals surface area contributed by atoms with Crippen LogP contribution >= 0.6 is 11.3 Å². The lowest BCUT2D eigenvalue weighted by Gasteiger charge is -2.24. The summed E-state index contributed by atoms with van der Waals surface area (Å²) in [5, 5.41) is 9.54. The number of carbonyl (C=O) groups is 2. The average molecular weight is 467 g/mol. The Kier molecular flexibility index (Phi) is 6.85. The summed E-state index contributed by atoms with van der Waals surface area (Å²) in [6, 6.07) is 15.1. The number of nitrogens with one attached hydrogen (secondary N) is 3. The molecule has 1 aliphatic rings. The first-order chi connectivity index (χ1) is 15.8. The maximum Gasteiger partial charge on any atom is 0.252 e. The molecule has 1 saturated carbocycles. The number of benzene rings is 2. The van der Waals surface area contributed by atoms with Crippen LogP contribution in [0, 0.1) is 11.7 Å². The fourth-order valence-corrected chi connectivity index (χ4v) is 4.27. The van der Waals surface area contributed by atoms with Crippen molar-refractivity contribution in [3.05, 3.63) is 70.9 Å². The van der Waals surface area contributed by atoms with E-state index in [4.69, 9.17) is 0 Å². The van der Waals surface area contributed by atoms with Crippen molar-refractivity contribution < 1.29 is 14.0 Å². The Morgan fingerprint density at radius 1 is 1.09 bits per heavy atom. The van der Waals surface area contributed by atoms with Crippen LogP contribution in [0.1, 0.15) is 41.9 Å². The third-order valence-electron chi connectivity index (χ3n) is 5.48. The molecule has 4 rings (SSSR count). The van der Waals surface area contributed by atoms with Crippen molar-refractivity contribution in [1.82, 2.24) is 15.6 Å². The second-order valence-corrected chi connectivity index (χ2v) is 9.85. The minimum Gasteiger partial charge on any atom is -0.338 e. The van der Waals surface area contributed by atoms with Crippen molar-refractivity contribution in [1.29, 1.82) is 0 Å². The molecule has 2 amide bonds. The number of thiazole rings is 1. The number of amides is 2. The van der Waals surface area contributed by atoms with Crippen LogP contribution in [0.3, 0.4) is 0 Å². The van der Waals surface area contributed by atoms with Crippen molar-refractivity contribution in [2.24, 2.45) is 5.92 Å². The Morgan fingerprint density at radius 2 is 1.79 bits per heavy atom. The van der Waals surface area contributed by atoms with Gasteiger partial charge in [0.05, 0.1) is 5.69 Å². The molecule has 1 aromatic heterocycles. The molecule has 6 nitrogen and oxygen atoms in total. The van der Waals surface area contributed by atoms with Crippen molar-refractivity contribution in [2.45, 2.75) is 38.8 Å². The van der Waals surface area contributed by atoms with Gasteiger partial charge in [-0.3, -0.25) is 14.9 Å². The van der Waals surface area contributed by atoms with Gasteiger partial charge in [-0.05, 0) is 63.4 Å². The van der Waals surface area contributed by atoms with Gasteiger partial charge < -0.3 is 10.6 Å². The molecule has 33 heavy (non-hydrogen) atoms. The molecule has 3 aromatic rings. The normalized spacial score (nSPS) is 13.5. The fourth-order valence-electron chi connectivity index (χ4n) is 3.33. The summed E-state index contributed by atoms with van der Waals surface area (Å²) in [6.07, 6.45) is 2.56. The summed E-state index contributed by atoms with van der Waals surface area (Å²) in [4.78, 5) is 31.2. The number of hydrogen-bond donors (Lipinski definition) is 3. The molecule has 0 saturated heterocycles. The Morgan fingerprint density at radius 3 is 2.45 bits per heavy atom. The summed E-state index contributed by atoms with van der Waals surface area (Å²) in [6.45, 7) is 4.90. The SMILES string of the molecule is CC(C)(NC(=O)c1ccc(F)cc1)C(=O)Nc1nc(-c2ccccc2)c(CNCC2CC2)s1. The summed E-state index contributed by atoms with van der Waals surface area (Å²) in [5.74, 6) is -0.500. The summed E-state index contributed by atoms with van der Waals surface area (Å²) in [7, 11) is 0. The van der Waals surface area contributed by atoms with Gasteiger partial charge in [-0.15, -0.1) is 0 Å². The van der Waals surface area contributed by atoms with E-state index in [1.54, 1.807) is 13.8 Å². The molecule has 0 atom stereocenters. The number of aromatic nitrogens is 1. The Balaban J connectivity index is 1.47. The fraction of sp³-hybridized carbons (Fsp3) is 0.320. The second-order valence-electron chi connectivity index (χ2n) is 8.77. The quantitative estimate of drug-likeness (QED) is 0.431. The highest BCUT2D eigenvalue weighted by atomic mass is 32.1. The zero-order valence-corrected chi connectivity index (χ0v) is 19.5. The monoisotopic (exact) mass is 466 g/mol. The van der Waals surface area contributed by atoms with Gasteiger partial charge >= 0.3 is 0 Å². The van der Waals surface area contributed by atoms with Crippen molar-refractivity contribution in [2.75, 3.05) is 11.9 Å². The third kappa shape index (κ3) is 6.03. The molecule has 0 bridgehead atoms. The standard InChI is InChI=1S/C25H27FN4O2S/c1-25(2,30-22(31)18-10-12-19(26)13-11-18)23(32)29-24-28-21(17-6-4-3-5-7-17)20(33-24)15-27-14-16-8-9-16/h3-7,10-13,16,27H,8-9,14-15H2,1-2H3,(H,30,31)(H,28,29,32). The lowest BCUT2D eigenvalue weighted by molar-refractivity contribution is -0.120. The zero-order chi connectivity index (χ0) is 23.4. The predicted octanol–water partition coefficient (Wildman–Crippen LogP) is 4.60. The van der Waals surface area contributed by atoms with E-state index >= 15 is 0 Å². The molecule has 0 unspecified atom stereocenters. The number of rotatable bonds is 9. The van der Waals surface area contributed by atoms with E-state index in [-0.39, 0.29) is 11.5 Å². The molecular weight excluding hydrogens is 439 g/mol. The number of nitrogens with zero attached hydrogens (tertiary/aromatic N) is 1. The van der Waals surface area contributed by atoms with Gasteiger partial charge in [0.15, 0.2) is 5.13 Å². The van der Waals surface area contributed by atoms with Gasteiger partial charge in [0.1, 0.15) is 11.4 Å². The van der Waals surface area contributed by atoms with E-state index in [2.05, 4.69) is 20.9 Å². The third-order valence-corrected chi connectivity index (χ3v) is 6.45. The van der Waals surface area contributed by atoms with Crippen molar-refractivity contribution in [3.8, 4) is 11.3 Å². The minimum absolute atomic E-state index is 0.280. The summed E-state index contributed by atoms with van der Waals surface area (Å²) in [5.41, 5.74) is 0.907. The van der Waals surface area contributed by atoms with E-state index in [0.717, 1.165) is 28.6 Å². The van der Waals surface area contributed by atoms with E-state index in [1.165, 1.54) is 48.4 Å². The van der Waals surface area contributed by atoms with Crippen LogP contribution < -0.4 is 16.0 Å². The molecule has 1 fully saturated rings. The van der Waals surface area contributed by atoms with Gasteiger partial charge in [0, 0.05) is 22.5 Å². The van der Waals surface area contributed by atoms with Crippen LogP contribution in [-0.2, 0) is 11.3 Å².